The summed E-state index contributed by atoms with van der Waals surface area (Å²) in [5, 5.41) is 21.5. The molecule has 2 aliphatic heterocycles. The molecule has 0 saturated carbocycles. The molecule has 3 aromatic carbocycles. The van der Waals surface area contributed by atoms with Gasteiger partial charge in [0.2, 0.25) is 0 Å². The Morgan fingerprint density at radius 3 is 2.25 bits per heavy atom. The van der Waals surface area contributed by atoms with Crippen molar-refractivity contribution in [3.05, 3.63) is 94.5 Å². The summed E-state index contributed by atoms with van der Waals surface area (Å²) in [6.07, 6.45) is 0.225. The molecule has 6 nitrogen and oxygen atoms in total. The van der Waals surface area contributed by atoms with Crippen LogP contribution in [0.1, 0.15) is 46.6 Å². The molecule has 2 fully saturated rings. The number of ether oxygens (including phenoxy) is 2. The number of amides is 1. The zero-order chi connectivity index (χ0) is 24.9. The number of hydrogen-bond acceptors (Lipinski definition) is 5. The second-order valence-electron chi connectivity index (χ2n) is 10.1. The van der Waals surface area contributed by atoms with Crippen molar-refractivity contribution < 1.29 is 19.4 Å². The first-order valence-electron chi connectivity index (χ1n) is 12.4. The summed E-state index contributed by atoms with van der Waals surface area (Å²) in [6, 6.07) is 23.6. The third kappa shape index (κ3) is 3.59. The summed E-state index contributed by atoms with van der Waals surface area (Å²) < 4.78 is 11.7. The van der Waals surface area contributed by atoms with Crippen LogP contribution in [0.3, 0.4) is 0 Å². The standard InChI is InChI=1S/C30H28N2O4/c1-19-7-6-8-20(15-31)28(19)30(34)13-21-16-35-17-22(14-30)32(21)29(33)36-18-27-25-11-4-2-9-23(25)24-10-3-5-12-26(24)27/h2-12,21-22,27,34H,13-14,16-18H2,1H3. The molecule has 0 aromatic heterocycles. The molecule has 2 saturated heterocycles. The van der Waals surface area contributed by atoms with Gasteiger partial charge in [-0.25, -0.2) is 4.79 Å². The van der Waals surface area contributed by atoms with E-state index in [1.54, 1.807) is 11.0 Å². The van der Waals surface area contributed by atoms with Crippen molar-refractivity contribution in [1.82, 2.24) is 4.90 Å². The molecule has 6 heteroatoms. The van der Waals surface area contributed by atoms with Crippen molar-refractivity contribution in [2.45, 2.75) is 43.4 Å². The molecule has 3 aromatic rings. The van der Waals surface area contributed by atoms with E-state index in [0.29, 0.717) is 37.2 Å². The first-order valence-corrected chi connectivity index (χ1v) is 12.4. The van der Waals surface area contributed by atoms with E-state index in [2.05, 4.69) is 30.3 Å². The third-order valence-corrected chi connectivity index (χ3v) is 7.96. The van der Waals surface area contributed by atoms with Gasteiger partial charge in [0.25, 0.3) is 0 Å². The van der Waals surface area contributed by atoms with Crippen LogP contribution in [0.4, 0.5) is 4.79 Å². The van der Waals surface area contributed by atoms with Crippen molar-refractivity contribution >= 4 is 6.09 Å². The van der Waals surface area contributed by atoms with E-state index in [1.807, 2.05) is 43.3 Å². The summed E-state index contributed by atoms with van der Waals surface area (Å²) in [7, 11) is 0. The largest absolute Gasteiger partial charge is 0.448 e. The smallest absolute Gasteiger partial charge is 0.410 e. The Labute approximate surface area is 210 Å². The van der Waals surface area contributed by atoms with Gasteiger partial charge in [0.1, 0.15) is 6.61 Å². The van der Waals surface area contributed by atoms with Gasteiger partial charge in [0.05, 0.1) is 42.5 Å². The van der Waals surface area contributed by atoms with E-state index >= 15 is 0 Å². The summed E-state index contributed by atoms with van der Waals surface area (Å²) in [4.78, 5) is 15.2. The van der Waals surface area contributed by atoms with E-state index in [9.17, 15) is 15.2 Å². The highest BCUT2D eigenvalue weighted by molar-refractivity contribution is 5.79. The maximum Gasteiger partial charge on any atom is 0.410 e. The van der Waals surface area contributed by atoms with Gasteiger partial charge in [-0.2, -0.15) is 5.26 Å². The highest BCUT2D eigenvalue weighted by Crippen LogP contribution is 2.46. The lowest BCUT2D eigenvalue weighted by molar-refractivity contribution is -0.136. The van der Waals surface area contributed by atoms with Crippen LogP contribution in [0.5, 0.6) is 0 Å². The molecule has 3 aliphatic rings. The number of fused-ring (bicyclic) bond motifs is 5. The van der Waals surface area contributed by atoms with Crippen LogP contribution in [0, 0.1) is 18.3 Å². The molecule has 36 heavy (non-hydrogen) atoms. The lowest BCUT2D eigenvalue weighted by Gasteiger charge is -2.51. The van der Waals surface area contributed by atoms with Crippen LogP contribution < -0.4 is 0 Å². The minimum atomic E-state index is -1.20. The Hall–Kier alpha value is -3.66. The van der Waals surface area contributed by atoms with Crippen LogP contribution >= 0.6 is 0 Å². The van der Waals surface area contributed by atoms with E-state index in [4.69, 9.17) is 9.47 Å². The number of aliphatic hydroxyl groups is 1. The molecule has 1 N–H and O–H groups in total. The molecule has 2 unspecified atom stereocenters. The van der Waals surface area contributed by atoms with Gasteiger partial charge < -0.3 is 14.6 Å². The van der Waals surface area contributed by atoms with E-state index in [1.165, 1.54) is 22.3 Å². The highest BCUT2D eigenvalue weighted by atomic mass is 16.6. The molecule has 1 aliphatic carbocycles. The van der Waals surface area contributed by atoms with Crippen LogP contribution in [0.2, 0.25) is 0 Å². The molecule has 2 bridgehead atoms. The van der Waals surface area contributed by atoms with Gasteiger partial charge in [-0.1, -0.05) is 60.7 Å². The Bertz CT molecular complexity index is 1320. The lowest BCUT2D eigenvalue weighted by Crippen LogP contribution is -2.62. The highest BCUT2D eigenvalue weighted by Gasteiger charge is 2.50. The van der Waals surface area contributed by atoms with Crippen LogP contribution in [-0.2, 0) is 15.1 Å². The van der Waals surface area contributed by atoms with Crippen molar-refractivity contribution in [2.24, 2.45) is 0 Å². The third-order valence-electron chi connectivity index (χ3n) is 7.96. The number of piperidine rings is 1. The maximum absolute atomic E-state index is 13.4. The second kappa shape index (κ2) is 8.77. The molecule has 1 amide bonds. The van der Waals surface area contributed by atoms with E-state index < -0.39 is 5.60 Å². The molecule has 2 heterocycles. The van der Waals surface area contributed by atoms with Crippen molar-refractivity contribution in [1.29, 1.82) is 5.26 Å². The minimum Gasteiger partial charge on any atom is -0.448 e. The van der Waals surface area contributed by atoms with Crippen LogP contribution in [0.15, 0.2) is 66.7 Å². The van der Waals surface area contributed by atoms with E-state index in [-0.39, 0.29) is 30.7 Å². The monoisotopic (exact) mass is 480 g/mol. The summed E-state index contributed by atoms with van der Waals surface area (Å²) in [5.41, 5.74) is 5.55. The predicted octanol–water partition coefficient (Wildman–Crippen LogP) is 4.87. The Morgan fingerprint density at radius 2 is 1.64 bits per heavy atom. The van der Waals surface area contributed by atoms with Crippen LogP contribution in [-0.4, -0.2) is 48.0 Å². The number of hydrogen-bond donors (Lipinski definition) is 1. The first-order chi connectivity index (χ1) is 17.5. The fourth-order valence-electron chi connectivity index (χ4n) is 6.53. The van der Waals surface area contributed by atoms with Crippen molar-refractivity contribution in [3.8, 4) is 17.2 Å². The summed E-state index contributed by atoms with van der Waals surface area (Å²) >= 11 is 0. The van der Waals surface area contributed by atoms with Gasteiger partial charge in [0, 0.05) is 24.3 Å². The van der Waals surface area contributed by atoms with Gasteiger partial charge in [0.15, 0.2) is 0 Å². The number of carbonyl (C=O) groups is 1. The van der Waals surface area contributed by atoms with Gasteiger partial charge in [-0.05, 0) is 40.8 Å². The normalized spacial score (nSPS) is 24.5. The molecular formula is C30H28N2O4. The Balaban J connectivity index is 1.23. The predicted molar refractivity (Wildman–Crippen MR) is 134 cm³/mol. The van der Waals surface area contributed by atoms with Gasteiger partial charge in [-0.3, -0.25) is 4.90 Å². The Kier molecular flexibility index (Phi) is 5.55. The number of nitrogens with zero attached hydrogens (tertiary/aromatic N) is 2. The number of morpholine rings is 1. The van der Waals surface area contributed by atoms with Gasteiger partial charge in [-0.15, -0.1) is 0 Å². The zero-order valence-electron chi connectivity index (χ0n) is 20.2. The van der Waals surface area contributed by atoms with Crippen LogP contribution in [0.25, 0.3) is 11.1 Å². The Morgan fingerprint density at radius 1 is 1.03 bits per heavy atom. The molecule has 6 rings (SSSR count). The number of nitriles is 1. The molecule has 0 spiro atoms. The lowest BCUT2D eigenvalue weighted by atomic mass is 9.74. The fourth-order valence-corrected chi connectivity index (χ4v) is 6.53. The fraction of sp³-hybridized carbons (Fsp3) is 0.333. The van der Waals surface area contributed by atoms with Gasteiger partial charge >= 0.3 is 6.09 Å². The molecule has 0 radical (unpaired) electrons. The minimum absolute atomic E-state index is 0.00989. The number of aryl methyl sites for hydroxylation is 1. The maximum atomic E-state index is 13.4. The average molecular weight is 481 g/mol. The quantitative estimate of drug-likeness (QED) is 0.579. The van der Waals surface area contributed by atoms with Crippen molar-refractivity contribution in [3.63, 3.8) is 0 Å². The summed E-state index contributed by atoms with van der Waals surface area (Å²) in [6.45, 7) is 2.83. The SMILES string of the molecule is Cc1cccc(C#N)c1C1(O)CC2COCC(C1)N2C(=O)OCC1c2ccccc2-c2ccccc21. The molecule has 2 atom stereocenters. The number of carbonyl (C=O) groups excluding carboxylic acids is 1. The molecular weight excluding hydrogens is 452 g/mol. The van der Waals surface area contributed by atoms with Crippen molar-refractivity contribution in [2.75, 3.05) is 19.8 Å². The zero-order valence-corrected chi connectivity index (χ0v) is 20.2. The summed E-state index contributed by atoms with van der Waals surface area (Å²) in [5.74, 6) is -0.00989. The average Bonchev–Trinajstić information content (AvgIpc) is 3.20. The number of rotatable bonds is 3. The number of benzene rings is 3. The molecule has 182 valence electrons. The second-order valence-corrected chi connectivity index (χ2v) is 10.1. The van der Waals surface area contributed by atoms with E-state index in [0.717, 1.165) is 5.56 Å². The first kappa shape index (κ1) is 22.8. The topological polar surface area (TPSA) is 82.8 Å².